The largest absolute Gasteiger partial charge is 0.309 e. The molecule has 0 atom stereocenters. The van der Waals surface area contributed by atoms with Crippen molar-refractivity contribution >= 4 is 54.4 Å². The normalized spacial score (nSPS) is 11.6. The fourth-order valence-electron chi connectivity index (χ4n) is 8.33. The van der Waals surface area contributed by atoms with Crippen LogP contribution < -0.4 is 0 Å². The summed E-state index contributed by atoms with van der Waals surface area (Å²) < 4.78 is 2.36. The van der Waals surface area contributed by atoms with Crippen LogP contribution in [0.4, 0.5) is 0 Å². The van der Waals surface area contributed by atoms with Gasteiger partial charge in [-0.2, -0.15) is 0 Å². The number of aromatic nitrogens is 3. The molecule has 11 rings (SSSR count). The summed E-state index contributed by atoms with van der Waals surface area (Å²) in [5.41, 5.74) is 14.5. The number of benzene rings is 9. The molecule has 55 heavy (non-hydrogen) atoms. The van der Waals surface area contributed by atoms with E-state index in [0.717, 1.165) is 44.3 Å². The zero-order chi connectivity index (χ0) is 36.3. The quantitative estimate of drug-likeness (QED) is 0.167. The first kappa shape index (κ1) is 31.2. The van der Waals surface area contributed by atoms with Gasteiger partial charge in [0.15, 0.2) is 0 Å². The Hall–Kier alpha value is -7.36. The van der Waals surface area contributed by atoms with Crippen molar-refractivity contribution in [3.05, 3.63) is 200 Å². The molecule has 0 unspecified atom stereocenters. The lowest BCUT2D eigenvalue weighted by Crippen LogP contribution is -1.93. The molecule has 0 bridgehead atoms. The SMILES string of the molecule is c1cc(-c2ccc(-c3ccc(-c4cnc5c6ccccc6c6ccccc6c5n4)cc3)cc2)cc(-c2ccc(-n3c4ccccc4c4ccccc43)cc2)c1. The summed E-state index contributed by atoms with van der Waals surface area (Å²) in [7, 11) is 0. The van der Waals surface area contributed by atoms with E-state index in [9.17, 15) is 0 Å². The minimum atomic E-state index is 0.871. The standard InChI is InChI=1S/C52H33N3/c1-3-16-46-42(12-1)43-13-2-4-17-47(43)52-51(46)53-33-48(54-52)38-26-24-35(25-27-38)34-20-22-36(23-21-34)39-10-9-11-40(32-39)37-28-30-41(31-29-37)55-49-18-7-5-14-44(49)45-15-6-8-19-50(45)55/h1-33H. The third kappa shape index (κ3) is 5.20. The summed E-state index contributed by atoms with van der Waals surface area (Å²) >= 11 is 0. The fraction of sp³-hybridized carbons (Fsp3) is 0. The summed E-state index contributed by atoms with van der Waals surface area (Å²) in [6.45, 7) is 0. The van der Waals surface area contributed by atoms with E-state index in [1.165, 1.54) is 60.4 Å². The van der Waals surface area contributed by atoms with Crippen molar-refractivity contribution in [2.45, 2.75) is 0 Å². The predicted molar refractivity (Wildman–Crippen MR) is 231 cm³/mol. The van der Waals surface area contributed by atoms with E-state index < -0.39 is 0 Å². The highest BCUT2D eigenvalue weighted by molar-refractivity contribution is 6.23. The van der Waals surface area contributed by atoms with Crippen LogP contribution in [0.1, 0.15) is 0 Å². The molecule has 0 N–H and O–H groups in total. The molecule has 3 nitrogen and oxygen atoms in total. The minimum absolute atomic E-state index is 0.871. The molecule has 0 aliphatic heterocycles. The van der Waals surface area contributed by atoms with Crippen LogP contribution in [0.3, 0.4) is 0 Å². The van der Waals surface area contributed by atoms with Crippen molar-refractivity contribution in [1.82, 2.24) is 14.5 Å². The molecule has 0 saturated carbocycles. The van der Waals surface area contributed by atoms with Crippen LogP contribution in [-0.2, 0) is 0 Å². The smallest absolute Gasteiger partial charge is 0.0979 e. The lowest BCUT2D eigenvalue weighted by atomic mass is 9.96. The van der Waals surface area contributed by atoms with Gasteiger partial charge in [-0.1, -0.05) is 164 Å². The van der Waals surface area contributed by atoms with E-state index in [-0.39, 0.29) is 0 Å². The number of hydrogen-bond donors (Lipinski definition) is 0. The third-order valence-electron chi connectivity index (χ3n) is 11.1. The Labute approximate surface area is 318 Å². The maximum Gasteiger partial charge on any atom is 0.0979 e. The molecule has 256 valence electrons. The molecule has 11 aromatic rings. The van der Waals surface area contributed by atoms with Gasteiger partial charge < -0.3 is 4.57 Å². The number of rotatable bonds is 5. The third-order valence-corrected chi connectivity index (χ3v) is 11.1. The Kier molecular flexibility index (Phi) is 7.17. The molecule has 2 heterocycles. The van der Waals surface area contributed by atoms with Crippen LogP contribution in [0, 0.1) is 0 Å². The summed E-state index contributed by atoms with van der Waals surface area (Å²) in [5, 5.41) is 7.21. The Morgan fingerprint density at radius 2 is 0.727 bits per heavy atom. The van der Waals surface area contributed by atoms with Crippen molar-refractivity contribution in [1.29, 1.82) is 0 Å². The monoisotopic (exact) mass is 699 g/mol. The van der Waals surface area contributed by atoms with Gasteiger partial charge in [0.2, 0.25) is 0 Å². The fourth-order valence-corrected chi connectivity index (χ4v) is 8.33. The van der Waals surface area contributed by atoms with Crippen molar-refractivity contribution in [2.24, 2.45) is 0 Å². The predicted octanol–water partition coefficient (Wildman–Crippen LogP) is 13.7. The van der Waals surface area contributed by atoms with Crippen LogP contribution >= 0.6 is 0 Å². The second-order valence-corrected chi connectivity index (χ2v) is 14.2. The minimum Gasteiger partial charge on any atom is -0.309 e. The summed E-state index contributed by atoms with van der Waals surface area (Å²) in [6, 6.07) is 69.5. The molecule has 9 aromatic carbocycles. The van der Waals surface area contributed by atoms with Gasteiger partial charge in [-0.15, -0.1) is 0 Å². The Balaban J connectivity index is 0.858. The maximum atomic E-state index is 5.17. The van der Waals surface area contributed by atoms with E-state index >= 15 is 0 Å². The highest BCUT2D eigenvalue weighted by Crippen LogP contribution is 2.36. The van der Waals surface area contributed by atoms with Crippen molar-refractivity contribution in [3.63, 3.8) is 0 Å². The van der Waals surface area contributed by atoms with E-state index in [1.54, 1.807) is 0 Å². The highest BCUT2D eigenvalue weighted by Gasteiger charge is 2.14. The highest BCUT2D eigenvalue weighted by atomic mass is 15.0. The average molecular weight is 700 g/mol. The van der Waals surface area contributed by atoms with Gasteiger partial charge in [-0.25, -0.2) is 4.98 Å². The van der Waals surface area contributed by atoms with Crippen LogP contribution in [0.15, 0.2) is 200 Å². The second kappa shape index (κ2) is 12.6. The van der Waals surface area contributed by atoms with Crippen LogP contribution in [0.5, 0.6) is 0 Å². The van der Waals surface area contributed by atoms with Gasteiger partial charge in [0.1, 0.15) is 0 Å². The second-order valence-electron chi connectivity index (χ2n) is 14.2. The summed E-state index contributed by atoms with van der Waals surface area (Å²) in [4.78, 5) is 10.1. The molecule has 0 aliphatic rings. The molecule has 3 heteroatoms. The summed E-state index contributed by atoms with van der Waals surface area (Å²) in [6.07, 6.45) is 1.90. The van der Waals surface area contributed by atoms with Gasteiger partial charge >= 0.3 is 0 Å². The Bertz CT molecular complexity index is 3140. The van der Waals surface area contributed by atoms with Crippen molar-refractivity contribution in [3.8, 4) is 50.3 Å². The first-order valence-corrected chi connectivity index (χ1v) is 18.7. The molecule has 0 amide bonds. The first-order valence-electron chi connectivity index (χ1n) is 18.7. The molecule has 0 fully saturated rings. The van der Waals surface area contributed by atoms with Crippen LogP contribution in [0.25, 0.3) is 105 Å². The molecule has 0 aliphatic carbocycles. The van der Waals surface area contributed by atoms with Gasteiger partial charge in [0, 0.05) is 32.8 Å². The lowest BCUT2D eigenvalue weighted by Gasteiger charge is -2.11. The summed E-state index contributed by atoms with van der Waals surface area (Å²) in [5.74, 6) is 0. The van der Waals surface area contributed by atoms with Crippen LogP contribution in [-0.4, -0.2) is 14.5 Å². The number of nitrogens with zero attached hydrogens (tertiary/aromatic N) is 3. The number of hydrogen-bond acceptors (Lipinski definition) is 2. The Morgan fingerprint density at radius 3 is 1.27 bits per heavy atom. The molecule has 0 saturated heterocycles. The lowest BCUT2D eigenvalue weighted by molar-refractivity contribution is 1.18. The maximum absolute atomic E-state index is 5.17. The molecule has 0 radical (unpaired) electrons. The zero-order valence-electron chi connectivity index (χ0n) is 29.9. The van der Waals surface area contributed by atoms with Gasteiger partial charge in [-0.05, 0) is 74.5 Å². The van der Waals surface area contributed by atoms with Gasteiger partial charge in [0.05, 0.1) is 34.0 Å². The zero-order valence-corrected chi connectivity index (χ0v) is 29.9. The van der Waals surface area contributed by atoms with Crippen molar-refractivity contribution in [2.75, 3.05) is 0 Å². The average Bonchev–Trinajstić information content (AvgIpc) is 3.61. The van der Waals surface area contributed by atoms with E-state index in [1.807, 2.05) is 6.20 Å². The number of para-hydroxylation sites is 2. The van der Waals surface area contributed by atoms with E-state index in [0.29, 0.717) is 0 Å². The molecular weight excluding hydrogens is 667 g/mol. The van der Waals surface area contributed by atoms with Gasteiger partial charge in [0.25, 0.3) is 0 Å². The number of fused-ring (bicyclic) bond motifs is 9. The Morgan fingerprint density at radius 1 is 0.309 bits per heavy atom. The first-order chi connectivity index (χ1) is 27.3. The molecule has 2 aromatic heterocycles. The topological polar surface area (TPSA) is 30.7 Å². The van der Waals surface area contributed by atoms with Gasteiger partial charge in [-0.3, -0.25) is 4.98 Å². The van der Waals surface area contributed by atoms with E-state index in [2.05, 4.69) is 199 Å². The van der Waals surface area contributed by atoms with Crippen LogP contribution in [0.2, 0.25) is 0 Å². The van der Waals surface area contributed by atoms with E-state index in [4.69, 9.17) is 9.97 Å². The molecule has 0 spiro atoms. The molecular formula is C52H33N3. The van der Waals surface area contributed by atoms with Crippen molar-refractivity contribution < 1.29 is 0 Å².